The summed E-state index contributed by atoms with van der Waals surface area (Å²) in [5, 5.41) is 6.33. The van der Waals surface area contributed by atoms with E-state index in [4.69, 9.17) is 9.73 Å². The highest BCUT2D eigenvalue weighted by Gasteiger charge is 2.17. The number of likely N-dealkylation sites (N-methyl/N-ethyl adjacent to an activating group) is 1. The largest absolute Gasteiger partial charge is 0.492 e. The molecule has 1 saturated heterocycles. The number of hydrogen-bond acceptors (Lipinski definition) is 3. The molecule has 0 aliphatic carbocycles. The highest BCUT2D eigenvalue weighted by molar-refractivity contribution is 14.0. The van der Waals surface area contributed by atoms with Gasteiger partial charge in [-0.05, 0) is 49.6 Å². The molecule has 0 saturated carbocycles. The number of guanidine groups is 1. The zero-order valence-corrected chi connectivity index (χ0v) is 21.2. The third kappa shape index (κ3) is 8.22. The molecular formula is C24H34IN5O2. The fraction of sp³-hybridized carbons (Fsp3) is 0.417. The Bertz CT molecular complexity index is 856. The van der Waals surface area contributed by atoms with Gasteiger partial charge >= 0.3 is 6.03 Å². The monoisotopic (exact) mass is 551 g/mol. The van der Waals surface area contributed by atoms with Crippen molar-refractivity contribution in [2.24, 2.45) is 4.99 Å². The van der Waals surface area contributed by atoms with Gasteiger partial charge in [0.2, 0.25) is 0 Å². The number of anilines is 1. The van der Waals surface area contributed by atoms with Gasteiger partial charge in [-0.25, -0.2) is 9.79 Å². The maximum Gasteiger partial charge on any atom is 0.321 e. The number of benzene rings is 2. The number of rotatable bonds is 8. The van der Waals surface area contributed by atoms with Crippen LogP contribution >= 0.6 is 24.0 Å². The summed E-state index contributed by atoms with van der Waals surface area (Å²) in [6, 6.07) is 17.7. The van der Waals surface area contributed by atoms with Crippen molar-refractivity contribution < 1.29 is 9.53 Å². The summed E-state index contributed by atoms with van der Waals surface area (Å²) in [5.41, 5.74) is 1.85. The van der Waals surface area contributed by atoms with Crippen LogP contribution in [0.2, 0.25) is 0 Å². The van der Waals surface area contributed by atoms with Crippen LogP contribution in [0.25, 0.3) is 0 Å². The molecule has 32 heavy (non-hydrogen) atoms. The van der Waals surface area contributed by atoms with Crippen LogP contribution in [0.1, 0.15) is 25.3 Å². The van der Waals surface area contributed by atoms with Gasteiger partial charge in [-0.2, -0.15) is 0 Å². The van der Waals surface area contributed by atoms with Gasteiger partial charge in [0.05, 0.1) is 13.1 Å². The van der Waals surface area contributed by atoms with Gasteiger partial charge in [-0.15, -0.1) is 24.0 Å². The molecule has 2 amide bonds. The van der Waals surface area contributed by atoms with E-state index in [2.05, 4.69) is 22.5 Å². The number of nitrogens with zero attached hydrogens (tertiary/aromatic N) is 3. The summed E-state index contributed by atoms with van der Waals surface area (Å²) in [5.74, 6) is 1.69. The van der Waals surface area contributed by atoms with Crippen molar-refractivity contribution in [2.75, 3.05) is 45.2 Å². The predicted molar refractivity (Wildman–Crippen MR) is 141 cm³/mol. The van der Waals surface area contributed by atoms with E-state index in [1.807, 2.05) is 66.5 Å². The molecule has 0 bridgehead atoms. The number of carbonyl (C=O) groups is 1. The number of nitrogens with one attached hydrogen (secondary N) is 2. The van der Waals surface area contributed by atoms with Crippen LogP contribution in [0.3, 0.4) is 0 Å². The van der Waals surface area contributed by atoms with Crippen molar-refractivity contribution in [1.82, 2.24) is 15.1 Å². The van der Waals surface area contributed by atoms with E-state index in [9.17, 15) is 4.79 Å². The van der Waals surface area contributed by atoms with Gasteiger partial charge in [-0.1, -0.05) is 30.3 Å². The molecule has 0 unspecified atom stereocenters. The van der Waals surface area contributed by atoms with E-state index in [1.54, 1.807) is 0 Å². The number of carbonyl (C=O) groups excluding carboxylic acids is 1. The number of halogens is 1. The van der Waals surface area contributed by atoms with Crippen LogP contribution in [0, 0.1) is 0 Å². The topological polar surface area (TPSA) is 69.2 Å². The molecule has 0 radical (unpaired) electrons. The van der Waals surface area contributed by atoms with Crippen LogP contribution in [0.5, 0.6) is 5.75 Å². The third-order valence-electron chi connectivity index (χ3n) is 5.12. The molecule has 1 heterocycles. The summed E-state index contributed by atoms with van der Waals surface area (Å²) in [7, 11) is 2.00. The van der Waals surface area contributed by atoms with E-state index in [0.29, 0.717) is 19.7 Å². The summed E-state index contributed by atoms with van der Waals surface area (Å²) in [6.07, 6.45) is 2.17. The van der Waals surface area contributed by atoms with Crippen LogP contribution in [-0.4, -0.2) is 61.6 Å². The van der Waals surface area contributed by atoms with Crippen molar-refractivity contribution in [3.05, 3.63) is 60.2 Å². The van der Waals surface area contributed by atoms with E-state index < -0.39 is 0 Å². The summed E-state index contributed by atoms with van der Waals surface area (Å²) in [4.78, 5) is 21.0. The normalized spacial score (nSPS) is 13.3. The molecular weight excluding hydrogens is 517 g/mol. The first kappa shape index (κ1) is 25.8. The van der Waals surface area contributed by atoms with E-state index in [-0.39, 0.29) is 30.0 Å². The molecule has 0 atom stereocenters. The van der Waals surface area contributed by atoms with Crippen molar-refractivity contribution in [3.63, 3.8) is 0 Å². The lowest BCUT2D eigenvalue weighted by Gasteiger charge is -2.22. The SMILES string of the molecule is CCNC(=NCc1cccc(NC(=O)N2CCCC2)c1)N(C)CCOc1ccccc1.I. The standard InChI is InChI=1S/C24H33N5O2.HI/c1-3-25-23(28(2)16-17-31-22-12-5-4-6-13-22)26-19-20-10-9-11-21(18-20)27-24(30)29-14-7-8-15-29;/h4-6,9-13,18H,3,7-8,14-17,19H2,1-2H3,(H,25,26)(H,27,30);1H. The number of amides is 2. The lowest BCUT2D eigenvalue weighted by Crippen LogP contribution is -2.40. The molecule has 2 aromatic carbocycles. The Morgan fingerprint density at radius 1 is 1.12 bits per heavy atom. The maximum absolute atomic E-state index is 12.3. The highest BCUT2D eigenvalue weighted by Crippen LogP contribution is 2.15. The van der Waals surface area contributed by atoms with Crippen LogP contribution in [-0.2, 0) is 6.54 Å². The van der Waals surface area contributed by atoms with Crippen molar-refractivity contribution in [2.45, 2.75) is 26.3 Å². The van der Waals surface area contributed by atoms with Crippen LogP contribution in [0.4, 0.5) is 10.5 Å². The minimum absolute atomic E-state index is 0. The fourth-order valence-electron chi connectivity index (χ4n) is 3.43. The van der Waals surface area contributed by atoms with Crippen LogP contribution in [0.15, 0.2) is 59.6 Å². The second-order valence-corrected chi connectivity index (χ2v) is 7.58. The minimum Gasteiger partial charge on any atom is -0.492 e. The Balaban J connectivity index is 0.00000363. The lowest BCUT2D eigenvalue weighted by molar-refractivity contribution is 0.222. The van der Waals surface area contributed by atoms with E-state index in [0.717, 1.165) is 55.4 Å². The van der Waals surface area contributed by atoms with E-state index in [1.165, 1.54) is 0 Å². The molecule has 1 aliphatic rings. The van der Waals surface area contributed by atoms with Gasteiger partial charge in [0.25, 0.3) is 0 Å². The zero-order chi connectivity index (χ0) is 21.9. The average molecular weight is 551 g/mol. The lowest BCUT2D eigenvalue weighted by atomic mass is 10.2. The zero-order valence-electron chi connectivity index (χ0n) is 18.9. The molecule has 2 aromatic rings. The first-order chi connectivity index (χ1) is 15.2. The molecule has 3 rings (SSSR count). The predicted octanol–water partition coefficient (Wildman–Crippen LogP) is 4.41. The Kier molecular flexibility index (Phi) is 11.1. The molecule has 174 valence electrons. The van der Waals surface area contributed by atoms with Gasteiger partial charge < -0.3 is 25.2 Å². The quantitative estimate of drug-likeness (QED) is 0.290. The molecule has 8 heteroatoms. The second kappa shape index (κ2) is 13.8. The Labute approximate surface area is 208 Å². The molecule has 1 aliphatic heterocycles. The number of likely N-dealkylation sites (tertiary alicyclic amines) is 1. The van der Waals surface area contributed by atoms with Gasteiger partial charge in [0, 0.05) is 32.4 Å². The van der Waals surface area contributed by atoms with Gasteiger partial charge in [0.1, 0.15) is 12.4 Å². The first-order valence-electron chi connectivity index (χ1n) is 11.0. The van der Waals surface area contributed by atoms with E-state index >= 15 is 0 Å². The number of ether oxygens (including phenoxy) is 1. The Hall–Kier alpha value is -2.49. The summed E-state index contributed by atoms with van der Waals surface area (Å²) >= 11 is 0. The fourth-order valence-corrected chi connectivity index (χ4v) is 3.43. The Morgan fingerprint density at radius 2 is 1.88 bits per heavy atom. The van der Waals surface area contributed by atoms with Crippen LogP contribution < -0.4 is 15.4 Å². The van der Waals surface area contributed by atoms with Gasteiger partial charge in [0.15, 0.2) is 5.96 Å². The van der Waals surface area contributed by atoms with Crippen molar-refractivity contribution in [3.8, 4) is 5.75 Å². The number of aliphatic imine (C=N–C) groups is 1. The van der Waals surface area contributed by atoms with Crippen molar-refractivity contribution >= 4 is 41.7 Å². The third-order valence-corrected chi connectivity index (χ3v) is 5.12. The smallest absolute Gasteiger partial charge is 0.321 e. The number of urea groups is 1. The molecule has 0 spiro atoms. The molecule has 1 fully saturated rings. The number of hydrogen-bond donors (Lipinski definition) is 2. The molecule has 2 N–H and O–H groups in total. The highest BCUT2D eigenvalue weighted by atomic mass is 127. The first-order valence-corrected chi connectivity index (χ1v) is 11.0. The molecule has 7 nitrogen and oxygen atoms in total. The second-order valence-electron chi connectivity index (χ2n) is 7.58. The van der Waals surface area contributed by atoms with Gasteiger partial charge in [-0.3, -0.25) is 0 Å². The average Bonchev–Trinajstić information content (AvgIpc) is 3.33. The minimum atomic E-state index is -0.0235. The summed E-state index contributed by atoms with van der Waals surface area (Å²) in [6.45, 7) is 6.33. The maximum atomic E-state index is 12.3. The molecule has 0 aromatic heterocycles. The van der Waals surface area contributed by atoms with Crippen molar-refractivity contribution in [1.29, 1.82) is 0 Å². The Morgan fingerprint density at radius 3 is 2.59 bits per heavy atom. The number of para-hydroxylation sites is 1. The summed E-state index contributed by atoms with van der Waals surface area (Å²) < 4.78 is 5.79.